The third-order valence-electron chi connectivity index (χ3n) is 5.73. The number of rotatable bonds is 1. The zero-order valence-corrected chi connectivity index (χ0v) is 15.2. The van der Waals surface area contributed by atoms with Gasteiger partial charge in [0.1, 0.15) is 5.75 Å². The van der Waals surface area contributed by atoms with E-state index in [2.05, 4.69) is 10.3 Å². The Labute approximate surface area is 158 Å². The molecule has 28 heavy (non-hydrogen) atoms. The number of amides is 2. The second-order valence-electron chi connectivity index (χ2n) is 7.15. The molecule has 2 amide bonds. The van der Waals surface area contributed by atoms with Crippen molar-refractivity contribution in [2.24, 2.45) is 7.05 Å². The van der Waals surface area contributed by atoms with Gasteiger partial charge < -0.3 is 14.3 Å². The maximum absolute atomic E-state index is 12.9. The van der Waals surface area contributed by atoms with E-state index < -0.39 is 0 Å². The summed E-state index contributed by atoms with van der Waals surface area (Å²) < 4.78 is 7.70. The number of aryl methyl sites for hydroxylation is 1. The number of nitrogens with zero attached hydrogens (tertiary/aromatic N) is 1. The van der Waals surface area contributed by atoms with Crippen LogP contribution in [0.2, 0.25) is 0 Å². The van der Waals surface area contributed by atoms with Gasteiger partial charge in [-0.15, -0.1) is 0 Å². The molecule has 3 aromatic carbocycles. The lowest BCUT2D eigenvalue weighted by Gasteiger charge is -2.13. The zero-order valence-electron chi connectivity index (χ0n) is 15.2. The van der Waals surface area contributed by atoms with Gasteiger partial charge in [0.15, 0.2) is 0 Å². The summed E-state index contributed by atoms with van der Waals surface area (Å²) in [5.41, 5.74) is 3.47. The zero-order chi connectivity index (χ0) is 19.2. The second kappa shape index (κ2) is 4.92. The van der Waals surface area contributed by atoms with Crippen molar-refractivity contribution in [3.8, 4) is 5.75 Å². The minimum atomic E-state index is -0.368. The molecule has 0 spiro atoms. The molecule has 3 heterocycles. The number of hydrogen-bond donors (Lipinski definition) is 2. The smallest absolute Gasteiger partial charge is 0.259 e. The SMILES string of the molecule is COc1cc2ccn(C)c2c2c3c(c4c5ccccc5[nH]c4c12)C(=O)NC3=O. The third-order valence-corrected chi connectivity index (χ3v) is 5.73. The summed E-state index contributed by atoms with van der Waals surface area (Å²) >= 11 is 0. The summed E-state index contributed by atoms with van der Waals surface area (Å²) in [6.07, 6.45) is 1.94. The molecule has 0 unspecified atom stereocenters. The maximum atomic E-state index is 12.9. The van der Waals surface area contributed by atoms with Crippen LogP contribution in [0.15, 0.2) is 42.6 Å². The largest absolute Gasteiger partial charge is 0.496 e. The van der Waals surface area contributed by atoms with Crippen molar-refractivity contribution in [1.29, 1.82) is 0 Å². The van der Waals surface area contributed by atoms with Crippen LogP contribution in [0.3, 0.4) is 0 Å². The number of aromatic amines is 1. The van der Waals surface area contributed by atoms with Crippen LogP contribution < -0.4 is 10.1 Å². The van der Waals surface area contributed by atoms with Gasteiger partial charge in [0.25, 0.3) is 11.8 Å². The van der Waals surface area contributed by atoms with E-state index in [1.807, 2.05) is 54.2 Å². The highest BCUT2D eigenvalue weighted by Gasteiger charge is 2.35. The van der Waals surface area contributed by atoms with Gasteiger partial charge in [-0.05, 0) is 18.2 Å². The predicted molar refractivity (Wildman–Crippen MR) is 108 cm³/mol. The highest BCUT2D eigenvalue weighted by molar-refractivity contribution is 6.39. The summed E-state index contributed by atoms with van der Waals surface area (Å²) in [5.74, 6) is -0.0602. The van der Waals surface area contributed by atoms with Gasteiger partial charge in [-0.1, -0.05) is 18.2 Å². The molecule has 2 N–H and O–H groups in total. The fraction of sp³-hybridized carbons (Fsp3) is 0.0909. The summed E-state index contributed by atoms with van der Waals surface area (Å²) in [7, 11) is 3.56. The van der Waals surface area contributed by atoms with Gasteiger partial charge >= 0.3 is 0 Å². The molecule has 0 fully saturated rings. The molecule has 0 saturated heterocycles. The van der Waals surface area contributed by atoms with Crippen molar-refractivity contribution < 1.29 is 14.3 Å². The molecular formula is C22H15N3O3. The number of imide groups is 1. The van der Waals surface area contributed by atoms with Gasteiger partial charge in [-0.2, -0.15) is 0 Å². The number of methoxy groups -OCH3 is 1. The van der Waals surface area contributed by atoms with Crippen molar-refractivity contribution in [3.05, 3.63) is 53.7 Å². The highest BCUT2D eigenvalue weighted by atomic mass is 16.5. The Hall–Kier alpha value is -3.80. The van der Waals surface area contributed by atoms with Crippen molar-refractivity contribution in [1.82, 2.24) is 14.9 Å². The molecule has 0 atom stereocenters. The number of hydrogen-bond acceptors (Lipinski definition) is 3. The number of H-pyrrole nitrogens is 1. The van der Waals surface area contributed by atoms with Crippen LogP contribution in [0.1, 0.15) is 20.7 Å². The first-order valence-corrected chi connectivity index (χ1v) is 8.98. The molecule has 5 aromatic rings. The summed E-state index contributed by atoms with van der Waals surface area (Å²) in [4.78, 5) is 29.1. The summed E-state index contributed by atoms with van der Waals surface area (Å²) in [6, 6.07) is 11.8. The first-order chi connectivity index (χ1) is 13.6. The molecule has 6 heteroatoms. The monoisotopic (exact) mass is 369 g/mol. The van der Waals surface area contributed by atoms with Gasteiger partial charge in [-0.25, -0.2) is 0 Å². The van der Waals surface area contributed by atoms with E-state index in [1.54, 1.807) is 7.11 Å². The maximum Gasteiger partial charge on any atom is 0.259 e. The lowest BCUT2D eigenvalue weighted by Crippen LogP contribution is -2.20. The average Bonchev–Trinajstić information content (AvgIpc) is 3.34. The van der Waals surface area contributed by atoms with Crippen LogP contribution in [-0.2, 0) is 7.05 Å². The standard InChI is InChI=1S/C22H15N3O3/c1-25-8-7-10-9-13(28-2)15-16(20(10)25)18-17(21(26)24-22(18)27)14-11-5-3-4-6-12(11)23-19(14)15/h3-9,23H,1-2H3,(H,24,26,27). The Balaban J connectivity index is 2.06. The number of carbonyl (C=O) groups excluding carboxylic acids is 2. The van der Waals surface area contributed by atoms with E-state index in [4.69, 9.17) is 4.74 Å². The van der Waals surface area contributed by atoms with Gasteiger partial charge in [0.2, 0.25) is 0 Å². The molecule has 0 radical (unpaired) electrons. The summed E-state index contributed by atoms with van der Waals surface area (Å²) in [5, 5.41) is 6.66. The molecule has 6 rings (SSSR count). The van der Waals surface area contributed by atoms with Crippen molar-refractivity contribution in [2.45, 2.75) is 0 Å². The Kier molecular flexibility index (Phi) is 2.69. The number of aromatic nitrogens is 2. The molecule has 136 valence electrons. The van der Waals surface area contributed by atoms with E-state index in [0.29, 0.717) is 16.9 Å². The highest BCUT2D eigenvalue weighted by Crippen LogP contribution is 2.45. The first kappa shape index (κ1) is 15.3. The van der Waals surface area contributed by atoms with Crippen LogP contribution in [0, 0.1) is 0 Å². The topological polar surface area (TPSA) is 76.1 Å². The van der Waals surface area contributed by atoms with Crippen molar-refractivity contribution in [3.63, 3.8) is 0 Å². The number of nitrogens with one attached hydrogen (secondary N) is 2. The van der Waals surface area contributed by atoms with Gasteiger partial charge in [0, 0.05) is 40.3 Å². The van der Waals surface area contributed by atoms with E-state index >= 15 is 0 Å². The van der Waals surface area contributed by atoms with Crippen LogP contribution in [0.5, 0.6) is 5.75 Å². The number of carbonyl (C=O) groups is 2. The average molecular weight is 369 g/mol. The van der Waals surface area contributed by atoms with Crippen LogP contribution in [0.25, 0.3) is 43.5 Å². The fourth-order valence-corrected chi connectivity index (χ4v) is 4.62. The van der Waals surface area contributed by atoms with Gasteiger partial charge in [0.05, 0.1) is 34.7 Å². The van der Waals surface area contributed by atoms with E-state index in [9.17, 15) is 9.59 Å². The Morgan fingerprint density at radius 2 is 1.71 bits per heavy atom. The number of ether oxygens (including phenoxy) is 1. The normalized spacial score (nSPS) is 13.8. The van der Waals surface area contributed by atoms with Gasteiger partial charge in [-0.3, -0.25) is 14.9 Å². The molecule has 2 aromatic heterocycles. The molecule has 0 aliphatic carbocycles. The van der Waals surface area contributed by atoms with Crippen LogP contribution in [0.4, 0.5) is 0 Å². The lowest BCUT2D eigenvalue weighted by atomic mass is 9.93. The molecular weight excluding hydrogens is 354 g/mol. The minimum Gasteiger partial charge on any atom is -0.496 e. The Morgan fingerprint density at radius 3 is 2.50 bits per heavy atom. The second-order valence-corrected chi connectivity index (χ2v) is 7.15. The van der Waals surface area contributed by atoms with E-state index in [1.165, 1.54) is 0 Å². The summed E-state index contributed by atoms with van der Waals surface area (Å²) in [6.45, 7) is 0. The van der Waals surface area contributed by atoms with Crippen LogP contribution in [-0.4, -0.2) is 28.5 Å². The Morgan fingerprint density at radius 1 is 0.964 bits per heavy atom. The van der Waals surface area contributed by atoms with Crippen molar-refractivity contribution >= 4 is 55.3 Å². The fourth-order valence-electron chi connectivity index (χ4n) is 4.62. The lowest BCUT2D eigenvalue weighted by molar-refractivity contribution is 0.0880. The molecule has 1 aliphatic rings. The van der Waals surface area contributed by atoms with Crippen LogP contribution >= 0.6 is 0 Å². The van der Waals surface area contributed by atoms with E-state index in [-0.39, 0.29) is 11.8 Å². The van der Waals surface area contributed by atoms with Crippen molar-refractivity contribution in [2.75, 3.05) is 7.11 Å². The molecule has 0 saturated carbocycles. The first-order valence-electron chi connectivity index (χ1n) is 8.98. The number of fused-ring (bicyclic) bond motifs is 10. The minimum absolute atomic E-state index is 0.359. The third kappa shape index (κ3) is 1.63. The quantitative estimate of drug-likeness (QED) is 0.441. The molecule has 6 nitrogen and oxygen atoms in total. The predicted octanol–water partition coefficient (Wildman–Crippen LogP) is 3.86. The molecule has 0 bridgehead atoms. The molecule has 1 aliphatic heterocycles. The number of benzene rings is 3. The number of para-hydroxylation sites is 1. The Bertz CT molecular complexity index is 1520. The van der Waals surface area contributed by atoms with E-state index in [0.717, 1.165) is 43.5 Å².